The van der Waals surface area contributed by atoms with Gasteiger partial charge in [-0.25, -0.2) is 4.98 Å². The van der Waals surface area contributed by atoms with Crippen molar-refractivity contribution in [2.24, 2.45) is 10.1 Å². The lowest BCUT2D eigenvalue weighted by molar-refractivity contribution is 0.831. The fourth-order valence-electron chi connectivity index (χ4n) is 2.58. The Morgan fingerprint density at radius 3 is 2.30 bits per heavy atom. The molecule has 27 heavy (non-hydrogen) atoms. The highest BCUT2D eigenvalue weighted by Crippen LogP contribution is 2.16. The predicted molar refractivity (Wildman–Crippen MR) is 107 cm³/mol. The molecule has 0 amide bonds. The van der Waals surface area contributed by atoms with Gasteiger partial charge >= 0.3 is 0 Å². The molecule has 0 aliphatic carbocycles. The first-order chi connectivity index (χ1) is 13.3. The number of para-hydroxylation sites is 3. The second-order valence-electron chi connectivity index (χ2n) is 5.71. The number of rotatable bonds is 4. The lowest BCUT2D eigenvalue weighted by Gasteiger charge is -2.10. The van der Waals surface area contributed by atoms with Crippen molar-refractivity contribution in [2.45, 2.75) is 0 Å². The molecule has 0 saturated carbocycles. The van der Waals surface area contributed by atoms with Crippen LogP contribution in [-0.2, 0) is 0 Å². The van der Waals surface area contributed by atoms with Crippen molar-refractivity contribution in [3.05, 3.63) is 95.3 Å². The van der Waals surface area contributed by atoms with E-state index >= 15 is 0 Å². The standard InChI is InChI=1S/C21H15N5O/c27-20-18-13-7-8-14-19(18)25-21(24-17-11-5-2-6-12-17)26(20)23-15-22-16-9-3-1-4-10-16/h1-14H,(H,24,25). The number of anilines is 2. The highest BCUT2D eigenvalue weighted by atomic mass is 16.1. The van der Waals surface area contributed by atoms with E-state index in [1.165, 1.54) is 4.68 Å². The first-order valence-electron chi connectivity index (χ1n) is 8.37. The summed E-state index contributed by atoms with van der Waals surface area (Å²) in [6.45, 7) is 0. The Labute approximate surface area is 155 Å². The number of hydrogen-bond acceptors (Lipinski definition) is 5. The van der Waals surface area contributed by atoms with E-state index in [0.29, 0.717) is 22.5 Å². The molecule has 6 heteroatoms. The molecule has 1 N–H and O–H groups in total. The normalized spacial score (nSPS) is 10.2. The molecule has 0 fully saturated rings. The van der Waals surface area contributed by atoms with Crippen LogP contribution in [0.4, 0.5) is 17.3 Å². The topological polar surface area (TPSA) is 71.6 Å². The molecule has 0 aliphatic rings. The SMILES string of the molecule is O=c1c2ccccc2nc(Nc2ccccc2)n1N=C=Nc1ccccc1. The van der Waals surface area contributed by atoms with Crippen LogP contribution < -0.4 is 10.9 Å². The summed E-state index contributed by atoms with van der Waals surface area (Å²) in [5.74, 6) is 0.292. The summed E-state index contributed by atoms with van der Waals surface area (Å²) in [5.41, 5.74) is 1.78. The molecule has 0 radical (unpaired) electrons. The maximum absolute atomic E-state index is 12.9. The summed E-state index contributed by atoms with van der Waals surface area (Å²) in [7, 11) is 0. The molecule has 4 aromatic rings. The van der Waals surface area contributed by atoms with Crippen molar-refractivity contribution >= 4 is 34.2 Å². The number of fused-ring (bicyclic) bond motifs is 1. The van der Waals surface area contributed by atoms with Gasteiger partial charge in [0.15, 0.2) is 0 Å². The van der Waals surface area contributed by atoms with E-state index in [2.05, 4.69) is 26.4 Å². The van der Waals surface area contributed by atoms with Crippen LogP contribution in [0, 0.1) is 0 Å². The van der Waals surface area contributed by atoms with Crippen LogP contribution in [0.2, 0.25) is 0 Å². The lowest BCUT2D eigenvalue weighted by atomic mass is 10.2. The summed E-state index contributed by atoms with van der Waals surface area (Å²) in [4.78, 5) is 21.6. The Bertz CT molecular complexity index is 1190. The summed E-state index contributed by atoms with van der Waals surface area (Å²) >= 11 is 0. The number of aliphatic imine (C=N–C) groups is 1. The van der Waals surface area contributed by atoms with E-state index in [4.69, 9.17) is 0 Å². The van der Waals surface area contributed by atoms with E-state index < -0.39 is 0 Å². The van der Waals surface area contributed by atoms with Crippen LogP contribution in [0.15, 0.2) is 99.8 Å². The quantitative estimate of drug-likeness (QED) is 0.552. The smallest absolute Gasteiger partial charge is 0.284 e. The van der Waals surface area contributed by atoms with Gasteiger partial charge in [-0.1, -0.05) is 53.6 Å². The zero-order valence-corrected chi connectivity index (χ0v) is 14.3. The van der Waals surface area contributed by atoms with Gasteiger partial charge in [0.25, 0.3) is 5.56 Å². The highest BCUT2D eigenvalue weighted by molar-refractivity contribution is 5.79. The van der Waals surface area contributed by atoms with E-state index in [1.807, 2.05) is 66.7 Å². The average Bonchev–Trinajstić information content (AvgIpc) is 2.72. The second-order valence-corrected chi connectivity index (χ2v) is 5.71. The van der Waals surface area contributed by atoms with Crippen LogP contribution in [0.5, 0.6) is 0 Å². The van der Waals surface area contributed by atoms with Gasteiger partial charge in [-0.15, -0.1) is 0 Å². The predicted octanol–water partition coefficient (Wildman–Crippen LogP) is 4.41. The van der Waals surface area contributed by atoms with Gasteiger partial charge in [-0.3, -0.25) is 4.79 Å². The van der Waals surface area contributed by atoms with Crippen molar-refractivity contribution in [1.82, 2.24) is 9.66 Å². The Hall–Kier alpha value is -4.02. The molecule has 0 unspecified atom stereocenters. The maximum atomic E-state index is 12.9. The molecule has 0 saturated heterocycles. The number of benzene rings is 3. The molecule has 1 aromatic heterocycles. The van der Waals surface area contributed by atoms with Gasteiger partial charge in [0.1, 0.15) is 6.01 Å². The zero-order chi connectivity index (χ0) is 18.5. The van der Waals surface area contributed by atoms with Crippen molar-refractivity contribution in [1.29, 1.82) is 0 Å². The van der Waals surface area contributed by atoms with Gasteiger partial charge in [-0.05, 0) is 36.4 Å². The van der Waals surface area contributed by atoms with E-state index in [1.54, 1.807) is 18.2 Å². The van der Waals surface area contributed by atoms with E-state index in [9.17, 15) is 4.79 Å². The molecule has 0 aliphatic heterocycles. The molecule has 130 valence electrons. The molecule has 3 aromatic carbocycles. The van der Waals surface area contributed by atoms with Crippen LogP contribution >= 0.6 is 0 Å². The average molecular weight is 353 g/mol. The van der Waals surface area contributed by atoms with Gasteiger partial charge in [0.2, 0.25) is 5.95 Å². The van der Waals surface area contributed by atoms with Crippen LogP contribution in [0.3, 0.4) is 0 Å². The van der Waals surface area contributed by atoms with Crippen molar-refractivity contribution in [3.63, 3.8) is 0 Å². The van der Waals surface area contributed by atoms with Crippen molar-refractivity contribution < 1.29 is 0 Å². The van der Waals surface area contributed by atoms with E-state index in [-0.39, 0.29) is 5.56 Å². The van der Waals surface area contributed by atoms with Crippen molar-refractivity contribution in [2.75, 3.05) is 5.32 Å². The van der Waals surface area contributed by atoms with Crippen LogP contribution in [-0.4, -0.2) is 15.7 Å². The summed E-state index contributed by atoms with van der Waals surface area (Å²) in [5, 5.41) is 7.71. The Morgan fingerprint density at radius 2 is 1.52 bits per heavy atom. The first kappa shape index (κ1) is 16.4. The monoisotopic (exact) mass is 353 g/mol. The molecular formula is C21H15N5O. The third-order valence-electron chi connectivity index (χ3n) is 3.86. The Balaban J connectivity index is 1.83. The lowest BCUT2D eigenvalue weighted by Crippen LogP contribution is -2.20. The van der Waals surface area contributed by atoms with Crippen molar-refractivity contribution in [3.8, 4) is 0 Å². The largest absolute Gasteiger partial charge is 0.324 e. The maximum Gasteiger partial charge on any atom is 0.284 e. The minimum Gasteiger partial charge on any atom is -0.324 e. The zero-order valence-electron chi connectivity index (χ0n) is 14.3. The first-order valence-corrected chi connectivity index (χ1v) is 8.37. The molecule has 1 heterocycles. The number of nitrogens with one attached hydrogen (secondary N) is 1. The number of hydrogen-bond donors (Lipinski definition) is 1. The minimum absolute atomic E-state index is 0.292. The third kappa shape index (κ3) is 3.66. The molecule has 0 atom stereocenters. The van der Waals surface area contributed by atoms with E-state index in [0.717, 1.165) is 5.69 Å². The summed E-state index contributed by atoms with van der Waals surface area (Å²) < 4.78 is 1.17. The molecule has 4 rings (SSSR count). The molecule has 0 spiro atoms. The number of aromatic nitrogens is 2. The van der Waals surface area contributed by atoms with Gasteiger partial charge in [-0.2, -0.15) is 9.67 Å². The summed E-state index contributed by atoms with van der Waals surface area (Å²) in [6, 6.07) is 28.5. The highest BCUT2D eigenvalue weighted by Gasteiger charge is 2.10. The Morgan fingerprint density at radius 1 is 0.852 bits per heavy atom. The number of nitrogens with zero attached hydrogens (tertiary/aromatic N) is 4. The fraction of sp³-hybridized carbons (Fsp3) is 0. The van der Waals surface area contributed by atoms with Gasteiger partial charge < -0.3 is 5.32 Å². The van der Waals surface area contributed by atoms with Crippen LogP contribution in [0.1, 0.15) is 0 Å². The molecule has 6 nitrogen and oxygen atoms in total. The minimum atomic E-state index is -0.296. The second kappa shape index (κ2) is 7.47. The van der Waals surface area contributed by atoms with Gasteiger partial charge in [0.05, 0.1) is 16.6 Å². The fourth-order valence-corrected chi connectivity index (χ4v) is 2.58. The third-order valence-corrected chi connectivity index (χ3v) is 3.86. The molecular weight excluding hydrogens is 338 g/mol. The Kier molecular flexibility index (Phi) is 4.55. The van der Waals surface area contributed by atoms with Crippen LogP contribution in [0.25, 0.3) is 10.9 Å². The summed E-state index contributed by atoms with van der Waals surface area (Å²) in [6.07, 6.45) is 0. The molecule has 0 bridgehead atoms. The van der Waals surface area contributed by atoms with Gasteiger partial charge in [0, 0.05) is 5.69 Å².